The molecule has 0 atom stereocenters. The number of amides is 2. The third kappa shape index (κ3) is 3.38. The molecular weight excluding hydrogens is 419 g/mol. The quantitative estimate of drug-likeness (QED) is 0.490. The maximum absolute atomic E-state index is 13.6. The lowest BCUT2D eigenvalue weighted by atomic mass is 10.0. The van der Waals surface area contributed by atoms with Crippen molar-refractivity contribution in [2.24, 2.45) is 0 Å². The van der Waals surface area contributed by atoms with E-state index in [0.29, 0.717) is 21.3 Å². The molecule has 0 unspecified atom stereocenters. The van der Waals surface area contributed by atoms with Crippen LogP contribution in [0.25, 0.3) is 5.57 Å². The molecule has 0 aromatic heterocycles. The van der Waals surface area contributed by atoms with E-state index in [1.54, 1.807) is 42.3 Å². The van der Waals surface area contributed by atoms with Gasteiger partial charge < -0.3 is 4.90 Å². The van der Waals surface area contributed by atoms with Gasteiger partial charge in [0.1, 0.15) is 5.70 Å². The standard InChI is InChI=1S/C24H18Cl2N2O2/c1-15-8-6-7-11-20(15)28-23(29)21(18-13-12-16(25)14-19(18)26)22(24(28)30)27(2)17-9-4-3-5-10-17/h3-14H,1-2H3. The number of hydrogen-bond acceptors (Lipinski definition) is 3. The fourth-order valence-electron chi connectivity index (χ4n) is 3.58. The highest BCUT2D eigenvalue weighted by atomic mass is 35.5. The number of para-hydroxylation sites is 2. The van der Waals surface area contributed by atoms with Crippen molar-refractivity contribution in [1.82, 2.24) is 0 Å². The van der Waals surface area contributed by atoms with Gasteiger partial charge in [-0.2, -0.15) is 0 Å². The Morgan fingerprint density at radius 1 is 0.833 bits per heavy atom. The largest absolute Gasteiger partial charge is 0.339 e. The molecular formula is C24H18Cl2N2O2. The summed E-state index contributed by atoms with van der Waals surface area (Å²) in [6.45, 7) is 1.86. The van der Waals surface area contributed by atoms with Crippen LogP contribution in [-0.4, -0.2) is 18.9 Å². The van der Waals surface area contributed by atoms with Gasteiger partial charge in [-0.3, -0.25) is 9.59 Å². The summed E-state index contributed by atoms with van der Waals surface area (Å²) in [7, 11) is 1.76. The lowest BCUT2D eigenvalue weighted by molar-refractivity contribution is -0.120. The van der Waals surface area contributed by atoms with Crippen LogP contribution in [0.5, 0.6) is 0 Å². The lowest BCUT2D eigenvalue weighted by Gasteiger charge is -2.22. The van der Waals surface area contributed by atoms with E-state index in [1.165, 1.54) is 4.90 Å². The summed E-state index contributed by atoms with van der Waals surface area (Å²) < 4.78 is 0. The molecule has 4 nitrogen and oxygen atoms in total. The maximum Gasteiger partial charge on any atom is 0.282 e. The molecule has 0 spiro atoms. The summed E-state index contributed by atoms with van der Waals surface area (Å²) in [6, 6.07) is 21.6. The molecule has 150 valence electrons. The average molecular weight is 437 g/mol. The zero-order chi connectivity index (χ0) is 21.4. The first kappa shape index (κ1) is 20.2. The van der Waals surface area contributed by atoms with Gasteiger partial charge in [0.05, 0.1) is 16.3 Å². The molecule has 0 saturated carbocycles. The monoisotopic (exact) mass is 436 g/mol. The maximum atomic E-state index is 13.6. The van der Waals surface area contributed by atoms with Crippen molar-refractivity contribution in [3.63, 3.8) is 0 Å². The zero-order valence-electron chi connectivity index (χ0n) is 16.4. The van der Waals surface area contributed by atoms with E-state index in [0.717, 1.165) is 11.3 Å². The molecule has 1 heterocycles. The van der Waals surface area contributed by atoms with Gasteiger partial charge in [-0.1, -0.05) is 65.7 Å². The number of imide groups is 1. The van der Waals surface area contributed by atoms with Crippen LogP contribution in [0.15, 0.2) is 78.5 Å². The predicted octanol–water partition coefficient (Wildman–Crippen LogP) is 5.72. The first-order valence-electron chi connectivity index (χ1n) is 9.33. The minimum absolute atomic E-state index is 0.247. The van der Waals surface area contributed by atoms with Gasteiger partial charge >= 0.3 is 0 Å². The summed E-state index contributed by atoms with van der Waals surface area (Å²) >= 11 is 12.5. The first-order valence-corrected chi connectivity index (χ1v) is 10.1. The molecule has 2 amide bonds. The number of benzene rings is 3. The number of rotatable bonds is 4. The molecule has 30 heavy (non-hydrogen) atoms. The summed E-state index contributed by atoms with van der Waals surface area (Å²) in [5, 5.41) is 0.763. The van der Waals surface area contributed by atoms with Crippen LogP contribution < -0.4 is 9.80 Å². The number of nitrogens with zero attached hydrogens (tertiary/aromatic N) is 2. The second kappa shape index (κ2) is 7.98. The highest BCUT2D eigenvalue weighted by Crippen LogP contribution is 2.39. The molecule has 1 aliphatic rings. The van der Waals surface area contributed by atoms with Gasteiger partial charge in [0.2, 0.25) is 0 Å². The SMILES string of the molecule is Cc1ccccc1N1C(=O)C(c2ccc(Cl)cc2Cl)=C(N(C)c2ccccc2)C1=O. The van der Waals surface area contributed by atoms with Gasteiger partial charge in [-0.25, -0.2) is 4.90 Å². The molecule has 0 bridgehead atoms. The predicted molar refractivity (Wildman–Crippen MR) is 122 cm³/mol. The topological polar surface area (TPSA) is 40.6 Å². The number of aryl methyl sites for hydroxylation is 1. The Hall–Kier alpha value is -3.08. The summed E-state index contributed by atoms with van der Waals surface area (Å²) in [5.74, 6) is -0.821. The van der Waals surface area contributed by atoms with Crippen LogP contribution in [0.2, 0.25) is 10.0 Å². The lowest BCUT2D eigenvalue weighted by Crippen LogP contribution is -2.34. The van der Waals surface area contributed by atoms with Crippen molar-refractivity contribution in [2.75, 3.05) is 16.8 Å². The van der Waals surface area contributed by atoms with Crippen LogP contribution in [-0.2, 0) is 9.59 Å². The Balaban J connectivity index is 1.94. The number of anilines is 2. The van der Waals surface area contributed by atoms with Gasteiger partial charge in [0.25, 0.3) is 11.8 Å². The molecule has 6 heteroatoms. The fourth-order valence-corrected chi connectivity index (χ4v) is 4.08. The van der Waals surface area contributed by atoms with Crippen molar-refractivity contribution in [3.8, 4) is 0 Å². The van der Waals surface area contributed by atoms with E-state index < -0.39 is 11.8 Å². The minimum atomic E-state index is -0.420. The fraction of sp³-hybridized carbons (Fsp3) is 0.0833. The Morgan fingerprint density at radius 2 is 1.50 bits per heavy atom. The van der Waals surface area contributed by atoms with Crippen molar-refractivity contribution >= 4 is 52.0 Å². The van der Waals surface area contributed by atoms with E-state index in [4.69, 9.17) is 23.2 Å². The van der Waals surface area contributed by atoms with Crippen molar-refractivity contribution in [2.45, 2.75) is 6.92 Å². The van der Waals surface area contributed by atoms with Gasteiger partial charge in [-0.15, -0.1) is 0 Å². The highest BCUT2D eigenvalue weighted by Gasteiger charge is 2.43. The minimum Gasteiger partial charge on any atom is -0.339 e. The summed E-state index contributed by atoms with van der Waals surface area (Å²) in [6.07, 6.45) is 0. The Morgan fingerprint density at radius 3 is 2.17 bits per heavy atom. The second-order valence-electron chi connectivity index (χ2n) is 6.97. The Bertz CT molecular complexity index is 1190. The van der Waals surface area contributed by atoms with Crippen molar-refractivity contribution < 1.29 is 9.59 Å². The molecule has 3 aromatic rings. The van der Waals surface area contributed by atoms with Gasteiger partial charge in [-0.05, 0) is 42.8 Å². The van der Waals surface area contributed by atoms with E-state index >= 15 is 0 Å². The van der Waals surface area contributed by atoms with Gasteiger partial charge in [0, 0.05) is 23.3 Å². The van der Waals surface area contributed by atoms with E-state index in [1.807, 2.05) is 49.4 Å². The van der Waals surface area contributed by atoms with E-state index in [9.17, 15) is 9.59 Å². The summed E-state index contributed by atoms with van der Waals surface area (Å²) in [4.78, 5) is 30.1. The van der Waals surface area contributed by atoms with Crippen LogP contribution in [0.3, 0.4) is 0 Å². The van der Waals surface area contributed by atoms with E-state index in [-0.39, 0.29) is 11.3 Å². The van der Waals surface area contributed by atoms with Gasteiger partial charge in [0.15, 0.2) is 0 Å². The van der Waals surface area contributed by atoms with Crippen LogP contribution in [0.1, 0.15) is 11.1 Å². The average Bonchev–Trinajstić information content (AvgIpc) is 2.99. The number of halogens is 2. The molecule has 0 fully saturated rings. The van der Waals surface area contributed by atoms with Crippen molar-refractivity contribution in [3.05, 3.63) is 99.7 Å². The number of carbonyl (C=O) groups excluding carboxylic acids is 2. The molecule has 4 rings (SSSR count). The number of hydrogen-bond donors (Lipinski definition) is 0. The van der Waals surface area contributed by atoms with Crippen LogP contribution in [0, 0.1) is 6.92 Å². The third-order valence-corrected chi connectivity index (χ3v) is 5.64. The van der Waals surface area contributed by atoms with Crippen LogP contribution in [0.4, 0.5) is 11.4 Å². The zero-order valence-corrected chi connectivity index (χ0v) is 17.9. The molecule has 0 N–H and O–H groups in total. The second-order valence-corrected chi connectivity index (χ2v) is 7.82. The Kier molecular flexibility index (Phi) is 5.37. The number of likely N-dealkylation sites (N-methyl/N-ethyl adjacent to an activating group) is 1. The normalized spacial score (nSPS) is 13.9. The highest BCUT2D eigenvalue weighted by molar-refractivity contribution is 6.48. The first-order chi connectivity index (χ1) is 14.4. The third-order valence-electron chi connectivity index (χ3n) is 5.10. The van der Waals surface area contributed by atoms with Crippen LogP contribution >= 0.6 is 23.2 Å². The molecule has 0 saturated heterocycles. The molecule has 3 aromatic carbocycles. The molecule has 0 radical (unpaired) electrons. The van der Waals surface area contributed by atoms with E-state index in [2.05, 4.69) is 0 Å². The smallest absolute Gasteiger partial charge is 0.282 e. The number of carbonyl (C=O) groups is 2. The molecule has 0 aliphatic carbocycles. The summed E-state index contributed by atoms with van der Waals surface area (Å²) in [5.41, 5.74) is 3.13. The molecule has 1 aliphatic heterocycles. The van der Waals surface area contributed by atoms with Crippen molar-refractivity contribution in [1.29, 1.82) is 0 Å². The Labute approximate surface area is 184 Å².